The predicted molar refractivity (Wildman–Crippen MR) is 78.3 cm³/mol. The summed E-state index contributed by atoms with van der Waals surface area (Å²) in [6.45, 7) is 0.231. The number of nitrogens with one attached hydrogen (secondary N) is 1. The van der Waals surface area contributed by atoms with Gasteiger partial charge in [-0.1, -0.05) is 12.1 Å². The zero-order valence-corrected chi connectivity index (χ0v) is 10.9. The molecule has 2 aromatic carbocycles. The third kappa shape index (κ3) is 1.91. The fourth-order valence-corrected chi connectivity index (χ4v) is 2.36. The predicted octanol–water partition coefficient (Wildman–Crippen LogP) is 1.85. The summed E-state index contributed by atoms with van der Waals surface area (Å²) in [5.41, 5.74) is 10.7. The number of nitrogens with zero attached hydrogens (tertiary/aromatic N) is 2. The summed E-state index contributed by atoms with van der Waals surface area (Å²) in [5.74, 6) is 1.50. The van der Waals surface area contributed by atoms with Crippen LogP contribution in [0.4, 0.5) is 11.4 Å². The smallest absolute Gasteiger partial charge is 0.231 e. The van der Waals surface area contributed by atoms with Crippen LogP contribution < -0.4 is 25.8 Å². The Morgan fingerprint density at radius 3 is 2.76 bits per heavy atom. The Bertz CT molecular complexity index is 760. The normalized spacial score (nSPS) is 15.3. The van der Waals surface area contributed by atoms with Crippen LogP contribution in [0.15, 0.2) is 41.4 Å². The molecular formula is C14H11N4O3-. The molecule has 2 aliphatic rings. The topological polar surface area (TPSA) is 95.2 Å². The Hall–Kier alpha value is -2.93. The fraction of sp³-hybridized carbons (Fsp3) is 0.0714. The van der Waals surface area contributed by atoms with E-state index in [1.165, 1.54) is 0 Å². The van der Waals surface area contributed by atoms with Gasteiger partial charge >= 0.3 is 0 Å². The molecule has 0 atom stereocenters. The van der Waals surface area contributed by atoms with Crippen molar-refractivity contribution in [3.63, 3.8) is 0 Å². The molecule has 0 fully saturated rings. The van der Waals surface area contributed by atoms with Crippen molar-refractivity contribution < 1.29 is 9.47 Å². The van der Waals surface area contributed by atoms with Crippen LogP contribution in [0.1, 0.15) is 0 Å². The quantitative estimate of drug-likeness (QED) is 0.829. The lowest BCUT2D eigenvalue weighted by Crippen LogP contribution is -2.44. The van der Waals surface area contributed by atoms with Gasteiger partial charge in [-0.2, -0.15) is 0 Å². The van der Waals surface area contributed by atoms with Crippen molar-refractivity contribution in [2.75, 3.05) is 12.0 Å². The molecule has 0 aliphatic carbocycles. The first-order valence-corrected chi connectivity index (χ1v) is 6.33. The van der Waals surface area contributed by atoms with Crippen LogP contribution in [-0.4, -0.2) is 12.8 Å². The van der Waals surface area contributed by atoms with Crippen molar-refractivity contribution in [3.8, 4) is 22.6 Å². The molecule has 7 nitrogen and oxygen atoms in total. The Kier molecular flexibility index (Phi) is 2.42. The SMILES string of the molecule is NC1=Nc2ccc(-c3ccc4c(c3)OCO4)cc2N([O-])N1. The van der Waals surface area contributed by atoms with E-state index in [9.17, 15) is 5.21 Å². The summed E-state index contributed by atoms with van der Waals surface area (Å²) < 4.78 is 10.6. The molecule has 3 N–H and O–H groups in total. The lowest BCUT2D eigenvalue weighted by atomic mass is 10.0. The van der Waals surface area contributed by atoms with Crippen LogP contribution in [-0.2, 0) is 0 Å². The highest BCUT2D eigenvalue weighted by molar-refractivity contribution is 5.90. The number of aliphatic imine (C=N–C) groups is 1. The monoisotopic (exact) mass is 283 g/mol. The molecule has 0 spiro atoms. The maximum atomic E-state index is 11.9. The van der Waals surface area contributed by atoms with E-state index in [0.29, 0.717) is 22.3 Å². The van der Waals surface area contributed by atoms with E-state index in [0.717, 1.165) is 16.9 Å². The van der Waals surface area contributed by atoms with Gasteiger partial charge in [0.1, 0.15) is 0 Å². The van der Waals surface area contributed by atoms with E-state index in [-0.39, 0.29) is 12.8 Å². The second kappa shape index (κ2) is 4.29. The summed E-state index contributed by atoms with van der Waals surface area (Å²) in [7, 11) is 0. The lowest BCUT2D eigenvalue weighted by Gasteiger charge is -2.35. The van der Waals surface area contributed by atoms with Gasteiger partial charge in [0.25, 0.3) is 0 Å². The summed E-state index contributed by atoms with van der Waals surface area (Å²) >= 11 is 0. The summed E-state index contributed by atoms with van der Waals surface area (Å²) in [4.78, 5) is 4.09. The molecule has 2 aromatic rings. The van der Waals surface area contributed by atoms with Crippen LogP contribution in [0.2, 0.25) is 0 Å². The molecule has 0 bridgehead atoms. The molecule has 0 aromatic heterocycles. The zero-order valence-electron chi connectivity index (χ0n) is 10.9. The molecule has 0 amide bonds. The van der Waals surface area contributed by atoms with Gasteiger partial charge in [-0.15, -0.1) is 0 Å². The Balaban J connectivity index is 1.78. The maximum absolute atomic E-state index is 11.9. The molecule has 0 unspecified atom stereocenters. The summed E-state index contributed by atoms with van der Waals surface area (Å²) in [5, 5.41) is 12.5. The molecule has 2 aliphatic heterocycles. The van der Waals surface area contributed by atoms with Gasteiger partial charge in [-0.05, 0) is 35.4 Å². The van der Waals surface area contributed by atoms with Gasteiger partial charge in [0, 0.05) is 0 Å². The fourth-order valence-electron chi connectivity index (χ4n) is 2.36. The molecular weight excluding hydrogens is 272 g/mol. The highest BCUT2D eigenvalue weighted by Crippen LogP contribution is 2.38. The first-order chi connectivity index (χ1) is 10.2. The minimum atomic E-state index is 0.0772. The van der Waals surface area contributed by atoms with E-state index >= 15 is 0 Å². The Morgan fingerprint density at radius 1 is 1.10 bits per heavy atom. The standard InChI is InChI=1S/C14H11N4O3/c15-14-16-10-3-1-8(5-11(10)18(19)17-14)9-2-4-12-13(6-9)21-7-20-12/h1-6H,7H2,(H3,15,16,17)/q-1. The second-order valence-electron chi connectivity index (χ2n) is 4.67. The molecule has 7 heteroatoms. The Morgan fingerprint density at radius 2 is 1.86 bits per heavy atom. The number of benzene rings is 2. The number of hydrogen-bond donors (Lipinski definition) is 2. The van der Waals surface area contributed by atoms with Crippen LogP contribution >= 0.6 is 0 Å². The molecule has 2 heterocycles. The average Bonchev–Trinajstić information content (AvgIpc) is 2.94. The minimum absolute atomic E-state index is 0.0772. The number of guanidine groups is 1. The number of rotatable bonds is 1. The zero-order chi connectivity index (χ0) is 14.4. The lowest BCUT2D eigenvalue weighted by molar-refractivity contribution is 0.174. The number of hydrazine groups is 1. The molecule has 21 heavy (non-hydrogen) atoms. The highest BCUT2D eigenvalue weighted by Gasteiger charge is 2.16. The number of anilines is 1. The van der Waals surface area contributed by atoms with Crippen molar-refractivity contribution in [2.24, 2.45) is 10.7 Å². The first kappa shape index (κ1) is 11.9. The molecule has 106 valence electrons. The van der Waals surface area contributed by atoms with E-state index in [1.807, 2.05) is 24.3 Å². The van der Waals surface area contributed by atoms with E-state index in [1.54, 1.807) is 12.1 Å². The van der Waals surface area contributed by atoms with Gasteiger partial charge in [-0.3, -0.25) is 5.43 Å². The van der Waals surface area contributed by atoms with E-state index in [2.05, 4.69) is 10.4 Å². The maximum Gasteiger partial charge on any atom is 0.231 e. The molecule has 0 saturated carbocycles. The van der Waals surface area contributed by atoms with Gasteiger partial charge in [0.15, 0.2) is 11.5 Å². The van der Waals surface area contributed by atoms with Gasteiger partial charge in [0.05, 0.1) is 11.4 Å². The third-order valence-electron chi connectivity index (χ3n) is 3.36. The number of hydrogen-bond acceptors (Lipinski definition) is 7. The van der Waals surface area contributed by atoms with Crippen molar-refractivity contribution in [1.29, 1.82) is 0 Å². The number of fused-ring (bicyclic) bond motifs is 2. The number of ether oxygens (including phenoxy) is 2. The van der Waals surface area contributed by atoms with Crippen molar-refractivity contribution in [3.05, 3.63) is 41.6 Å². The third-order valence-corrected chi connectivity index (χ3v) is 3.36. The van der Waals surface area contributed by atoms with Gasteiger partial charge in [0.2, 0.25) is 12.8 Å². The van der Waals surface area contributed by atoms with E-state index in [4.69, 9.17) is 15.2 Å². The van der Waals surface area contributed by atoms with Gasteiger partial charge < -0.3 is 25.6 Å². The van der Waals surface area contributed by atoms with Crippen molar-refractivity contribution in [2.45, 2.75) is 0 Å². The molecule has 0 saturated heterocycles. The summed E-state index contributed by atoms with van der Waals surface area (Å²) in [6, 6.07) is 11.0. The summed E-state index contributed by atoms with van der Waals surface area (Å²) in [6.07, 6.45) is 0. The van der Waals surface area contributed by atoms with E-state index < -0.39 is 0 Å². The number of nitrogens with two attached hydrogens (primary N) is 1. The average molecular weight is 283 g/mol. The van der Waals surface area contributed by atoms with Gasteiger partial charge in [-0.25, -0.2) is 4.99 Å². The Labute approximate surface area is 120 Å². The second-order valence-corrected chi connectivity index (χ2v) is 4.67. The largest absolute Gasteiger partial charge is 0.739 e. The van der Waals surface area contributed by atoms with Crippen LogP contribution in [0.3, 0.4) is 0 Å². The van der Waals surface area contributed by atoms with Crippen molar-refractivity contribution >= 4 is 17.3 Å². The van der Waals surface area contributed by atoms with Crippen LogP contribution in [0, 0.1) is 5.21 Å². The van der Waals surface area contributed by atoms with Crippen molar-refractivity contribution in [1.82, 2.24) is 5.43 Å². The molecule has 4 rings (SSSR count). The first-order valence-electron chi connectivity index (χ1n) is 6.33. The molecule has 0 radical (unpaired) electrons. The van der Waals surface area contributed by atoms with Crippen LogP contribution in [0.5, 0.6) is 11.5 Å². The highest BCUT2D eigenvalue weighted by atomic mass is 16.7. The van der Waals surface area contributed by atoms with Crippen LogP contribution in [0.25, 0.3) is 11.1 Å². The minimum Gasteiger partial charge on any atom is -0.739 e.